The van der Waals surface area contributed by atoms with Crippen LogP contribution in [0.25, 0.3) is 0 Å². The number of hydrogen-bond donors (Lipinski definition) is 2. The van der Waals surface area contributed by atoms with Gasteiger partial charge in [-0.15, -0.1) is 0 Å². The largest absolute Gasteiger partial charge is 0.444 e. The summed E-state index contributed by atoms with van der Waals surface area (Å²) in [6.07, 6.45) is 1.38. The van der Waals surface area contributed by atoms with Crippen LogP contribution in [0, 0.1) is 17.8 Å². The van der Waals surface area contributed by atoms with Crippen molar-refractivity contribution in [2.24, 2.45) is 23.6 Å². The quantitative estimate of drug-likeness (QED) is 0.420. The highest BCUT2D eigenvalue weighted by atomic mass is 16.6. The van der Waals surface area contributed by atoms with Gasteiger partial charge in [-0.25, -0.2) is 10.6 Å². The number of likely N-dealkylation sites (tertiary alicyclic amines) is 1. The first-order valence-corrected chi connectivity index (χ1v) is 6.78. The van der Waals surface area contributed by atoms with E-state index in [9.17, 15) is 9.59 Å². The molecule has 2 amide bonds. The van der Waals surface area contributed by atoms with Gasteiger partial charge in [0, 0.05) is 19.0 Å². The summed E-state index contributed by atoms with van der Waals surface area (Å²) in [6.45, 7) is 6.97. The normalized spacial score (nSPS) is 30.1. The zero-order chi connectivity index (χ0) is 14.2. The number of amides is 2. The number of ether oxygens (including phenoxy) is 1. The lowest BCUT2D eigenvalue weighted by molar-refractivity contribution is -0.125. The number of nitrogens with one attached hydrogen (secondary N) is 1. The Morgan fingerprint density at radius 2 is 1.74 bits per heavy atom. The Morgan fingerprint density at radius 1 is 1.21 bits per heavy atom. The van der Waals surface area contributed by atoms with E-state index in [0.717, 1.165) is 12.8 Å². The second kappa shape index (κ2) is 5.00. The van der Waals surface area contributed by atoms with Crippen LogP contribution >= 0.6 is 0 Å². The second-order valence-electron chi connectivity index (χ2n) is 6.58. The molecule has 0 radical (unpaired) electrons. The van der Waals surface area contributed by atoms with Crippen molar-refractivity contribution in [2.75, 3.05) is 13.1 Å². The maximum Gasteiger partial charge on any atom is 0.410 e. The standard InChI is InChI=1S/C13H23N3O3/c1-13(2,3)19-12(18)16-6-9-4-8(11(17)15-14)5-10(9)7-16/h8-10H,4-7,14H2,1-3H3,(H,15,17). The fraction of sp³-hybridized carbons (Fsp3) is 0.846. The molecule has 1 saturated heterocycles. The molecule has 2 fully saturated rings. The molecular weight excluding hydrogens is 246 g/mol. The van der Waals surface area contributed by atoms with Crippen molar-refractivity contribution in [1.29, 1.82) is 0 Å². The van der Waals surface area contributed by atoms with Crippen LogP contribution in [0.15, 0.2) is 0 Å². The summed E-state index contributed by atoms with van der Waals surface area (Å²) in [5.41, 5.74) is 1.76. The average molecular weight is 269 g/mol. The number of fused-ring (bicyclic) bond motifs is 1. The third-order valence-corrected chi connectivity index (χ3v) is 3.92. The highest BCUT2D eigenvalue weighted by Gasteiger charge is 2.45. The van der Waals surface area contributed by atoms with Crippen molar-refractivity contribution in [1.82, 2.24) is 10.3 Å². The topological polar surface area (TPSA) is 84.7 Å². The van der Waals surface area contributed by atoms with Crippen molar-refractivity contribution in [3.63, 3.8) is 0 Å². The molecule has 3 N–H and O–H groups in total. The molecular formula is C13H23N3O3. The van der Waals surface area contributed by atoms with E-state index >= 15 is 0 Å². The van der Waals surface area contributed by atoms with Gasteiger partial charge < -0.3 is 9.64 Å². The van der Waals surface area contributed by atoms with Gasteiger partial charge >= 0.3 is 6.09 Å². The molecule has 1 aliphatic heterocycles. The van der Waals surface area contributed by atoms with E-state index in [-0.39, 0.29) is 17.9 Å². The van der Waals surface area contributed by atoms with Crippen LogP contribution in [0.1, 0.15) is 33.6 Å². The summed E-state index contributed by atoms with van der Waals surface area (Å²) >= 11 is 0. The molecule has 2 rings (SSSR count). The van der Waals surface area contributed by atoms with E-state index in [1.54, 1.807) is 4.90 Å². The number of nitrogens with two attached hydrogens (primary N) is 1. The van der Waals surface area contributed by atoms with Gasteiger partial charge in [-0.1, -0.05) is 0 Å². The predicted octanol–water partition coefficient (Wildman–Crippen LogP) is 0.869. The average Bonchev–Trinajstić information content (AvgIpc) is 2.82. The molecule has 1 heterocycles. The minimum Gasteiger partial charge on any atom is -0.444 e. The molecule has 2 aliphatic rings. The Bertz CT molecular complexity index is 364. The first-order chi connectivity index (χ1) is 8.80. The van der Waals surface area contributed by atoms with Crippen LogP contribution in [0.4, 0.5) is 4.79 Å². The molecule has 2 unspecified atom stereocenters. The van der Waals surface area contributed by atoms with Gasteiger partial charge in [0.25, 0.3) is 0 Å². The molecule has 2 atom stereocenters. The first kappa shape index (κ1) is 14.1. The Labute approximate surface area is 113 Å². The minimum atomic E-state index is -0.462. The summed E-state index contributed by atoms with van der Waals surface area (Å²) in [4.78, 5) is 25.2. The van der Waals surface area contributed by atoms with Crippen LogP contribution < -0.4 is 11.3 Å². The van der Waals surface area contributed by atoms with Gasteiger partial charge in [0.2, 0.25) is 5.91 Å². The van der Waals surface area contributed by atoms with Gasteiger partial charge in [-0.3, -0.25) is 10.2 Å². The van der Waals surface area contributed by atoms with Crippen molar-refractivity contribution < 1.29 is 14.3 Å². The lowest BCUT2D eigenvalue weighted by Gasteiger charge is -2.25. The van der Waals surface area contributed by atoms with E-state index in [2.05, 4.69) is 5.43 Å². The predicted molar refractivity (Wildman–Crippen MR) is 69.8 cm³/mol. The number of rotatable bonds is 1. The fourth-order valence-corrected chi connectivity index (χ4v) is 3.11. The number of hydrogen-bond acceptors (Lipinski definition) is 4. The summed E-state index contributed by atoms with van der Waals surface area (Å²) in [7, 11) is 0. The van der Waals surface area contributed by atoms with Gasteiger partial charge in [0.15, 0.2) is 0 Å². The Hall–Kier alpha value is -1.30. The van der Waals surface area contributed by atoms with E-state index in [4.69, 9.17) is 10.6 Å². The lowest BCUT2D eigenvalue weighted by atomic mass is 10.0. The lowest BCUT2D eigenvalue weighted by Crippen LogP contribution is -2.38. The number of carbonyl (C=O) groups is 2. The third kappa shape index (κ3) is 3.18. The van der Waals surface area contributed by atoms with E-state index in [0.29, 0.717) is 24.9 Å². The van der Waals surface area contributed by atoms with E-state index < -0.39 is 5.60 Å². The molecule has 0 aromatic carbocycles. The molecule has 0 spiro atoms. The maximum atomic E-state index is 12.0. The Kier molecular flexibility index (Phi) is 3.71. The molecule has 6 heteroatoms. The van der Waals surface area contributed by atoms with Crippen molar-refractivity contribution in [2.45, 2.75) is 39.2 Å². The first-order valence-electron chi connectivity index (χ1n) is 6.78. The van der Waals surface area contributed by atoms with Crippen molar-refractivity contribution >= 4 is 12.0 Å². The van der Waals surface area contributed by atoms with Crippen LogP contribution in [-0.4, -0.2) is 35.6 Å². The van der Waals surface area contributed by atoms with Crippen molar-refractivity contribution in [3.05, 3.63) is 0 Å². The molecule has 0 aromatic rings. The number of nitrogens with zero attached hydrogens (tertiary/aromatic N) is 1. The van der Waals surface area contributed by atoms with Crippen LogP contribution in [0.2, 0.25) is 0 Å². The SMILES string of the molecule is CC(C)(C)OC(=O)N1CC2CC(C(=O)NN)CC2C1. The smallest absolute Gasteiger partial charge is 0.410 e. The molecule has 108 valence electrons. The van der Waals surface area contributed by atoms with Gasteiger partial charge in [0.05, 0.1) is 0 Å². The zero-order valence-electron chi connectivity index (χ0n) is 11.8. The van der Waals surface area contributed by atoms with Crippen LogP contribution in [-0.2, 0) is 9.53 Å². The van der Waals surface area contributed by atoms with Gasteiger partial charge in [-0.2, -0.15) is 0 Å². The van der Waals surface area contributed by atoms with Crippen molar-refractivity contribution in [3.8, 4) is 0 Å². The molecule has 0 bridgehead atoms. The molecule has 6 nitrogen and oxygen atoms in total. The summed E-state index contributed by atoms with van der Waals surface area (Å²) in [5.74, 6) is 5.87. The number of carbonyl (C=O) groups excluding carboxylic acids is 2. The molecule has 1 saturated carbocycles. The maximum absolute atomic E-state index is 12.0. The Balaban J connectivity index is 1.87. The second-order valence-corrected chi connectivity index (χ2v) is 6.58. The minimum absolute atomic E-state index is 0.000728. The highest BCUT2D eigenvalue weighted by Crippen LogP contribution is 2.41. The molecule has 0 aromatic heterocycles. The van der Waals surface area contributed by atoms with Gasteiger partial charge in [0.1, 0.15) is 5.60 Å². The summed E-state index contributed by atoms with van der Waals surface area (Å²) in [5, 5.41) is 0. The van der Waals surface area contributed by atoms with E-state index in [1.165, 1.54) is 0 Å². The monoisotopic (exact) mass is 269 g/mol. The third-order valence-electron chi connectivity index (χ3n) is 3.92. The molecule has 1 aliphatic carbocycles. The summed E-state index contributed by atoms with van der Waals surface area (Å²) < 4.78 is 5.37. The van der Waals surface area contributed by atoms with E-state index in [1.807, 2.05) is 20.8 Å². The van der Waals surface area contributed by atoms with Crippen LogP contribution in [0.5, 0.6) is 0 Å². The fourth-order valence-electron chi connectivity index (χ4n) is 3.11. The molecule has 19 heavy (non-hydrogen) atoms. The zero-order valence-corrected chi connectivity index (χ0v) is 11.8. The van der Waals surface area contributed by atoms with Crippen LogP contribution in [0.3, 0.4) is 0 Å². The summed E-state index contributed by atoms with van der Waals surface area (Å²) in [6, 6.07) is 0. The number of hydrazine groups is 1. The highest BCUT2D eigenvalue weighted by molar-refractivity contribution is 5.78. The Morgan fingerprint density at radius 3 is 2.16 bits per heavy atom. The van der Waals surface area contributed by atoms with Gasteiger partial charge in [-0.05, 0) is 45.4 Å².